The molecule has 1 saturated heterocycles. The molecule has 0 radical (unpaired) electrons. The summed E-state index contributed by atoms with van der Waals surface area (Å²) in [5, 5.41) is 14.7. The van der Waals surface area contributed by atoms with E-state index in [4.69, 9.17) is 23.2 Å². The summed E-state index contributed by atoms with van der Waals surface area (Å²) in [5.41, 5.74) is 0.696. The number of aliphatic hydroxyl groups is 1. The predicted molar refractivity (Wildman–Crippen MR) is 79.8 cm³/mol. The maximum Gasteiger partial charge on any atom is 0.0929 e. The van der Waals surface area contributed by atoms with E-state index < -0.39 is 6.10 Å². The zero-order valence-electron chi connectivity index (χ0n) is 10.0. The van der Waals surface area contributed by atoms with Gasteiger partial charge in [0.25, 0.3) is 0 Å². The molecular weight excluding hydrogens is 289 g/mol. The predicted octanol–water partition coefficient (Wildman–Crippen LogP) is 3.51. The second kappa shape index (κ2) is 7.01. The fourth-order valence-electron chi connectivity index (χ4n) is 2.06. The Hall–Kier alpha value is 0.0700. The molecule has 18 heavy (non-hydrogen) atoms. The highest BCUT2D eigenvalue weighted by Crippen LogP contribution is 2.26. The zero-order chi connectivity index (χ0) is 13.0. The Kier molecular flexibility index (Phi) is 5.64. The second-order valence-electron chi connectivity index (χ2n) is 4.48. The molecule has 0 aliphatic carbocycles. The number of nitrogens with one attached hydrogen (secondary N) is 1. The third-order valence-electron chi connectivity index (χ3n) is 3.14. The molecule has 0 amide bonds. The number of aliphatic hydroxyl groups excluding tert-OH is 1. The first-order valence-electron chi connectivity index (χ1n) is 6.11. The van der Waals surface area contributed by atoms with Crippen LogP contribution in [0.3, 0.4) is 0 Å². The molecule has 1 atom stereocenters. The van der Waals surface area contributed by atoms with Crippen molar-refractivity contribution in [3.05, 3.63) is 33.8 Å². The molecule has 1 aliphatic heterocycles. The zero-order valence-corrected chi connectivity index (χ0v) is 12.4. The molecule has 0 aromatic heterocycles. The van der Waals surface area contributed by atoms with Gasteiger partial charge in [-0.1, -0.05) is 23.2 Å². The fraction of sp³-hybridized carbons (Fsp3) is 0.538. The van der Waals surface area contributed by atoms with Crippen molar-refractivity contribution in [2.24, 2.45) is 0 Å². The van der Waals surface area contributed by atoms with E-state index in [1.807, 2.05) is 11.8 Å². The minimum Gasteiger partial charge on any atom is -0.387 e. The van der Waals surface area contributed by atoms with Crippen molar-refractivity contribution in [2.45, 2.75) is 25.0 Å². The van der Waals surface area contributed by atoms with E-state index in [1.54, 1.807) is 18.2 Å². The van der Waals surface area contributed by atoms with Gasteiger partial charge in [-0.3, -0.25) is 0 Å². The molecule has 0 saturated carbocycles. The van der Waals surface area contributed by atoms with Gasteiger partial charge in [-0.2, -0.15) is 11.8 Å². The van der Waals surface area contributed by atoms with Crippen LogP contribution in [0.4, 0.5) is 0 Å². The van der Waals surface area contributed by atoms with Crippen molar-refractivity contribution in [3.63, 3.8) is 0 Å². The van der Waals surface area contributed by atoms with Gasteiger partial charge in [0.15, 0.2) is 0 Å². The first kappa shape index (κ1) is 14.5. The van der Waals surface area contributed by atoms with E-state index in [2.05, 4.69) is 5.32 Å². The molecule has 2 N–H and O–H groups in total. The van der Waals surface area contributed by atoms with Gasteiger partial charge in [-0.05, 0) is 42.5 Å². The van der Waals surface area contributed by atoms with Crippen LogP contribution in [0.1, 0.15) is 24.5 Å². The van der Waals surface area contributed by atoms with E-state index in [1.165, 1.54) is 24.3 Å². The van der Waals surface area contributed by atoms with Crippen LogP contribution >= 0.6 is 35.0 Å². The molecule has 1 heterocycles. The Labute approximate surface area is 122 Å². The van der Waals surface area contributed by atoms with Gasteiger partial charge in [0.1, 0.15) is 0 Å². The summed E-state index contributed by atoms with van der Waals surface area (Å²) in [4.78, 5) is 0. The van der Waals surface area contributed by atoms with E-state index in [0.717, 1.165) is 0 Å². The van der Waals surface area contributed by atoms with Gasteiger partial charge in [0, 0.05) is 28.2 Å². The molecule has 1 fully saturated rings. The minimum absolute atomic E-state index is 0.513. The van der Waals surface area contributed by atoms with Crippen molar-refractivity contribution in [2.75, 3.05) is 18.1 Å². The highest BCUT2D eigenvalue weighted by atomic mass is 35.5. The van der Waals surface area contributed by atoms with Crippen molar-refractivity contribution < 1.29 is 5.11 Å². The lowest BCUT2D eigenvalue weighted by molar-refractivity contribution is 0.169. The van der Waals surface area contributed by atoms with Crippen molar-refractivity contribution in [1.82, 2.24) is 5.32 Å². The van der Waals surface area contributed by atoms with E-state index in [9.17, 15) is 5.11 Å². The molecule has 1 aliphatic rings. The summed E-state index contributed by atoms with van der Waals surface area (Å²) in [7, 11) is 0. The first-order chi connectivity index (χ1) is 8.66. The van der Waals surface area contributed by atoms with E-state index in [0.29, 0.717) is 28.2 Å². The minimum atomic E-state index is -0.606. The Morgan fingerprint density at radius 1 is 1.33 bits per heavy atom. The second-order valence-corrected chi connectivity index (χ2v) is 6.54. The SMILES string of the molecule is OC(CNC1CCSCC1)c1cc(Cl)ccc1Cl. The van der Waals surface area contributed by atoms with Crippen LogP contribution < -0.4 is 5.32 Å². The molecule has 1 unspecified atom stereocenters. The van der Waals surface area contributed by atoms with Gasteiger partial charge >= 0.3 is 0 Å². The molecule has 100 valence electrons. The molecular formula is C13H17Cl2NOS. The summed E-state index contributed by atoms with van der Waals surface area (Å²) in [5.74, 6) is 2.40. The van der Waals surface area contributed by atoms with Crippen LogP contribution in [0, 0.1) is 0 Å². The van der Waals surface area contributed by atoms with Crippen molar-refractivity contribution in [1.29, 1.82) is 0 Å². The lowest BCUT2D eigenvalue weighted by atomic mass is 10.1. The number of hydrogen-bond donors (Lipinski definition) is 2. The average Bonchev–Trinajstić information content (AvgIpc) is 2.40. The highest BCUT2D eigenvalue weighted by Gasteiger charge is 2.17. The summed E-state index contributed by atoms with van der Waals surface area (Å²) in [6.07, 6.45) is 1.73. The third-order valence-corrected chi connectivity index (χ3v) is 4.77. The Balaban J connectivity index is 1.90. The molecule has 1 aromatic rings. The fourth-order valence-corrected chi connectivity index (χ4v) is 3.59. The molecule has 0 spiro atoms. The van der Waals surface area contributed by atoms with Crippen LogP contribution in [-0.2, 0) is 0 Å². The highest BCUT2D eigenvalue weighted by molar-refractivity contribution is 7.99. The summed E-state index contributed by atoms with van der Waals surface area (Å²) >= 11 is 14.0. The number of thioether (sulfide) groups is 1. The summed E-state index contributed by atoms with van der Waals surface area (Å²) in [6.45, 7) is 0.523. The normalized spacial score (nSPS) is 18.8. The monoisotopic (exact) mass is 305 g/mol. The maximum atomic E-state index is 10.1. The lowest BCUT2D eigenvalue weighted by Crippen LogP contribution is -2.35. The number of rotatable bonds is 4. The van der Waals surface area contributed by atoms with Gasteiger partial charge in [0.2, 0.25) is 0 Å². The smallest absolute Gasteiger partial charge is 0.0929 e. The van der Waals surface area contributed by atoms with E-state index in [-0.39, 0.29) is 0 Å². The molecule has 1 aromatic carbocycles. The van der Waals surface area contributed by atoms with Gasteiger partial charge in [-0.15, -0.1) is 0 Å². The standard InChI is InChI=1S/C13H17Cl2NOS/c14-9-1-2-12(15)11(7-9)13(17)8-16-10-3-5-18-6-4-10/h1-2,7,10,13,16-17H,3-6,8H2. The molecule has 2 rings (SSSR count). The van der Waals surface area contributed by atoms with Crippen LogP contribution in [0.5, 0.6) is 0 Å². The number of benzene rings is 1. The number of hydrogen-bond acceptors (Lipinski definition) is 3. The van der Waals surface area contributed by atoms with Gasteiger partial charge in [0.05, 0.1) is 6.10 Å². The summed E-state index contributed by atoms with van der Waals surface area (Å²) < 4.78 is 0. The molecule has 2 nitrogen and oxygen atoms in total. The Morgan fingerprint density at radius 3 is 2.78 bits per heavy atom. The van der Waals surface area contributed by atoms with Crippen LogP contribution in [0.2, 0.25) is 10.0 Å². The topological polar surface area (TPSA) is 32.3 Å². The van der Waals surface area contributed by atoms with Gasteiger partial charge in [-0.25, -0.2) is 0 Å². The molecule has 0 bridgehead atoms. The largest absolute Gasteiger partial charge is 0.387 e. The van der Waals surface area contributed by atoms with Crippen LogP contribution in [0.15, 0.2) is 18.2 Å². The van der Waals surface area contributed by atoms with Crippen molar-refractivity contribution in [3.8, 4) is 0 Å². The quantitative estimate of drug-likeness (QED) is 0.893. The van der Waals surface area contributed by atoms with Crippen LogP contribution in [0.25, 0.3) is 0 Å². The summed E-state index contributed by atoms with van der Waals surface area (Å²) in [6, 6.07) is 5.69. The first-order valence-corrected chi connectivity index (χ1v) is 8.02. The molecule has 5 heteroatoms. The van der Waals surface area contributed by atoms with Crippen molar-refractivity contribution >= 4 is 35.0 Å². The van der Waals surface area contributed by atoms with Crippen LogP contribution in [-0.4, -0.2) is 29.2 Å². The number of halogens is 2. The maximum absolute atomic E-state index is 10.1. The van der Waals surface area contributed by atoms with Gasteiger partial charge < -0.3 is 10.4 Å². The third kappa shape index (κ3) is 4.04. The lowest BCUT2D eigenvalue weighted by Gasteiger charge is -2.24. The Bertz CT molecular complexity index is 397. The van der Waals surface area contributed by atoms with E-state index >= 15 is 0 Å². The Morgan fingerprint density at radius 2 is 2.06 bits per heavy atom. The average molecular weight is 306 g/mol.